The normalized spacial score (nSPS) is 14.5. The molecule has 28 heavy (non-hydrogen) atoms. The summed E-state index contributed by atoms with van der Waals surface area (Å²) in [4.78, 5) is 11.9. The molecule has 0 saturated carbocycles. The van der Waals surface area contributed by atoms with Crippen molar-refractivity contribution in [3.8, 4) is 17.6 Å². The summed E-state index contributed by atoms with van der Waals surface area (Å²) < 4.78 is 10.9. The molecule has 2 atom stereocenters. The molecule has 0 fully saturated rings. The van der Waals surface area contributed by atoms with Crippen molar-refractivity contribution in [3.05, 3.63) is 23.8 Å². The first-order valence-corrected chi connectivity index (χ1v) is 9.81. The van der Waals surface area contributed by atoms with E-state index in [9.17, 15) is 4.79 Å². The Morgan fingerprint density at radius 1 is 1.39 bits per heavy atom. The van der Waals surface area contributed by atoms with Gasteiger partial charge in [0.05, 0.1) is 12.6 Å². The zero-order valence-corrected chi connectivity index (χ0v) is 18.0. The number of hydrogen-bond acceptors (Lipinski definition) is 4. The Morgan fingerprint density at radius 2 is 2.14 bits per heavy atom. The fraction of sp³-hybridized carbons (Fsp3) is 0.524. The van der Waals surface area contributed by atoms with Crippen LogP contribution < -0.4 is 20.7 Å². The summed E-state index contributed by atoms with van der Waals surface area (Å²) in [6.45, 7) is 10.4. The third kappa shape index (κ3) is 6.61. The second kappa shape index (κ2) is 9.65. The monoisotopic (exact) mass is 403 g/mol. The second-order valence-corrected chi connectivity index (χ2v) is 8.12. The third-order valence-electron chi connectivity index (χ3n) is 4.11. The van der Waals surface area contributed by atoms with E-state index in [4.69, 9.17) is 21.7 Å². The quantitative estimate of drug-likeness (QED) is 0.517. The van der Waals surface area contributed by atoms with Crippen LogP contribution in [0.3, 0.4) is 0 Å². The number of ether oxygens (including phenoxy) is 2. The molecule has 2 unspecified atom stereocenters. The molecule has 1 aliphatic rings. The van der Waals surface area contributed by atoms with Crippen molar-refractivity contribution in [1.29, 1.82) is 0 Å². The van der Waals surface area contributed by atoms with Crippen molar-refractivity contribution in [2.75, 3.05) is 18.5 Å². The predicted molar refractivity (Wildman–Crippen MR) is 116 cm³/mol. The van der Waals surface area contributed by atoms with Gasteiger partial charge < -0.3 is 25.4 Å². The standard InChI is InChI=1S/C21H29N3O3S/c1-6-8-16(14(2)13-22-20(25)27-21(3,4)5)23-19(28)24-17-9-7-10-18-15(17)11-12-26-18/h7,9-10,14,16H,11-13H2,1-5H3,(H,22,25)(H2,23,24,28). The average Bonchev–Trinajstić information content (AvgIpc) is 3.07. The minimum absolute atomic E-state index is 0.0181. The number of carbonyl (C=O) groups is 1. The highest BCUT2D eigenvalue weighted by Gasteiger charge is 2.21. The van der Waals surface area contributed by atoms with Gasteiger partial charge in [-0.1, -0.05) is 18.9 Å². The van der Waals surface area contributed by atoms with Crippen molar-refractivity contribution in [2.45, 2.75) is 52.7 Å². The summed E-state index contributed by atoms with van der Waals surface area (Å²) in [5.74, 6) is 6.95. The summed E-state index contributed by atoms with van der Waals surface area (Å²) >= 11 is 5.48. The smallest absolute Gasteiger partial charge is 0.407 e. The van der Waals surface area contributed by atoms with Crippen LogP contribution in [0.4, 0.5) is 10.5 Å². The molecule has 1 aromatic rings. The fourth-order valence-corrected chi connectivity index (χ4v) is 3.03. The van der Waals surface area contributed by atoms with Crippen molar-refractivity contribution in [3.63, 3.8) is 0 Å². The SMILES string of the molecule is CC#CC(NC(=S)Nc1cccc2c1CCO2)C(C)CNC(=O)OC(C)(C)C. The molecule has 1 heterocycles. The minimum atomic E-state index is -0.528. The highest BCUT2D eigenvalue weighted by molar-refractivity contribution is 7.80. The molecular formula is C21H29N3O3S. The first-order chi connectivity index (χ1) is 13.2. The van der Waals surface area contributed by atoms with Crippen LogP contribution in [0.1, 0.15) is 40.2 Å². The lowest BCUT2D eigenvalue weighted by molar-refractivity contribution is 0.0519. The van der Waals surface area contributed by atoms with Gasteiger partial charge in [-0.15, -0.1) is 5.92 Å². The maximum absolute atomic E-state index is 11.9. The molecule has 152 valence electrons. The van der Waals surface area contributed by atoms with Gasteiger partial charge in [-0.05, 0) is 52.0 Å². The first kappa shape index (κ1) is 21.8. The maximum Gasteiger partial charge on any atom is 0.407 e. The zero-order chi connectivity index (χ0) is 20.7. The van der Waals surface area contributed by atoms with Crippen molar-refractivity contribution >= 4 is 29.1 Å². The molecule has 6 nitrogen and oxygen atoms in total. The third-order valence-corrected chi connectivity index (χ3v) is 4.33. The van der Waals surface area contributed by atoms with E-state index < -0.39 is 11.7 Å². The molecule has 0 aliphatic carbocycles. The molecular weight excluding hydrogens is 374 g/mol. The lowest BCUT2D eigenvalue weighted by atomic mass is 10.0. The molecule has 0 saturated heterocycles. The minimum Gasteiger partial charge on any atom is -0.493 e. The molecule has 1 amide bonds. The van der Waals surface area contributed by atoms with E-state index in [0.717, 1.165) is 23.4 Å². The van der Waals surface area contributed by atoms with Crippen molar-refractivity contribution in [2.24, 2.45) is 5.92 Å². The largest absolute Gasteiger partial charge is 0.493 e. The second-order valence-electron chi connectivity index (χ2n) is 7.71. The molecule has 7 heteroatoms. The molecule has 1 aliphatic heterocycles. The van der Waals surface area contributed by atoms with E-state index in [-0.39, 0.29) is 12.0 Å². The molecule has 3 N–H and O–H groups in total. The highest BCUT2D eigenvalue weighted by atomic mass is 32.1. The van der Waals surface area contributed by atoms with E-state index in [1.165, 1.54) is 0 Å². The molecule has 2 rings (SSSR count). The van der Waals surface area contributed by atoms with Crippen LogP contribution in [0.2, 0.25) is 0 Å². The number of fused-ring (bicyclic) bond motifs is 1. The number of carbonyl (C=O) groups excluding carboxylic acids is 1. The van der Waals surface area contributed by atoms with Crippen LogP contribution in [0.25, 0.3) is 0 Å². The summed E-state index contributed by atoms with van der Waals surface area (Å²) in [5.41, 5.74) is 1.54. The lowest BCUT2D eigenvalue weighted by Gasteiger charge is -2.24. The summed E-state index contributed by atoms with van der Waals surface area (Å²) in [7, 11) is 0. The van der Waals surface area contributed by atoms with Crippen LogP contribution in [0.5, 0.6) is 5.75 Å². The van der Waals surface area contributed by atoms with E-state index in [1.807, 2.05) is 45.9 Å². The van der Waals surface area contributed by atoms with Crippen LogP contribution in [-0.4, -0.2) is 36.0 Å². The Bertz CT molecular complexity index is 777. The first-order valence-electron chi connectivity index (χ1n) is 9.41. The van der Waals surface area contributed by atoms with Gasteiger partial charge in [-0.2, -0.15) is 0 Å². The Hall–Kier alpha value is -2.46. The van der Waals surface area contributed by atoms with Gasteiger partial charge in [0.25, 0.3) is 0 Å². The van der Waals surface area contributed by atoms with E-state index in [1.54, 1.807) is 6.92 Å². The van der Waals surface area contributed by atoms with Gasteiger partial charge in [0.15, 0.2) is 5.11 Å². The Kier molecular flexibility index (Phi) is 7.53. The molecule has 1 aromatic carbocycles. The van der Waals surface area contributed by atoms with Gasteiger partial charge in [0, 0.05) is 30.1 Å². The predicted octanol–water partition coefficient (Wildman–Crippen LogP) is 3.46. The summed E-state index contributed by atoms with van der Waals surface area (Å²) in [5, 5.41) is 9.75. The van der Waals surface area contributed by atoms with Crippen LogP contribution in [-0.2, 0) is 11.2 Å². The topological polar surface area (TPSA) is 71.6 Å². The number of alkyl carbamates (subject to hydrolysis) is 1. The number of rotatable bonds is 5. The Labute approximate surface area is 172 Å². The van der Waals surface area contributed by atoms with Crippen LogP contribution in [0.15, 0.2) is 18.2 Å². The molecule has 0 bridgehead atoms. The number of hydrogen-bond donors (Lipinski definition) is 3. The Balaban J connectivity index is 1.92. The lowest BCUT2D eigenvalue weighted by Crippen LogP contribution is -2.45. The summed E-state index contributed by atoms with van der Waals surface area (Å²) in [6, 6.07) is 5.66. The van der Waals surface area contributed by atoms with Crippen LogP contribution >= 0.6 is 12.2 Å². The Morgan fingerprint density at radius 3 is 2.82 bits per heavy atom. The number of anilines is 1. The van der Waals surface area contributed by atoms with E-state index in [2.05, 4.69) is 27.8 Å². The summed E-state index contributed by atoms with van der Waals surface area (Å²) in [6.07, 6.45) is 0.415. The maximum atomic E-state index is 11.9. The van der Waals surface area contributed by atoms with Gasteiger partial charge in [-0.25, -0.2) is 4.79 Å². The van der Waals surface area contributed by atoms with Gasteiger partial charge in [-0.3, -0.25) is 0 Å². The molecule has 0 aromatic heterocycles. The fourth-order valence-electron chi connectivity index (χ4n) is 2.79. The van der Waals surface area contributed by atoms with Crippen LogP contribution in [0, 0.1) is 17.8 Å². The van der Waals surface area contributed by atoms with E-state index >= 15 is 0 Å². The van der Waals surface area contributed by atoms with E-state index in [0.29, 0.717) is 18.3 Å². The van der Waals surface area contributed by atoms with Gasteiger partial charge >= 0.3 is 6.09 Å². The number of thiocarbonyl (C=S) groups is 1. The van der Waals surface area contributed by atoms with Crippen molar-refractivity contribution < 1.29 is 14.3 Å². The van der Waals surface area contributed by atoms with Gasteiger partial charge in [0.2, 0.25) is 0 Å². The molecule has 0 radical (unpaired) electrons. The van der Waals surface area contributed by atoms with Gasteiger partial charge in [0.1, 0.15) is 11.4 Å². The van der Waals surface area contributed by atoms with Crippen molar-refractivity contribution in [1.82, 2.24) is 10.6 Å². The molecule has 0 spiro atoms. The highest BCUT2D eigenvalue weighted by Crippen LogP contribution is 2.31. The zero-order valence-electron chi connectivity index (χ0n) is 17.1. The number of nitrogens with one attached hydrogen (secondary N) is 3. The number of benzene rings is 1. The average molecular weight is 404 g/mol. The number of amides is 1.